The highest BCUT2D eigenvalue weighted by atomic mass is 16.5. The minimum absolute atomic E-state index is 0.782. The van der Waals surface area contributed by atoms with Crippen molar-refractivity contribution in [1.29, 1.82) is 0 Å². The second-order valence-corrected chi connectivity index (χ2v) is 2.74. The van der Waals surface area contributed by atoms with E-state index >= 15 is 0 Å². The van der Waals surface area contributed by atoms with Crippen molar-refractivity contribution >= 4 is 0 Å². The molecule has 46 valence electrons. The molecule has 2 aliphatic rings. The standard InChI is InChI=1S/C6H11NO/c1-5-2-7(5)6-3-8-4-6/h5-6H,2-4H2,1H3. The van der Waals surface area contributed by atoms with E-state index in [4.69, 9.17) is 4.74 Å². The van der Waals surface area contributed by atoms with Crippen molar-refractivity contribution < 1.29 is 4.74 Å². The van der Waals surface area contributed by atoms with Gasteiger partial charge in [-0.1, -0.05) is 0 Å². The summed E-state index contributed by atoms with van der Waals surface area (Å²) < 4.78 is 5.04. The highest BCUT2D eigenvalue weighted by Crippen LogP contribution is 2.24. The van der Waals surface area contributed by atoms with Gasteiger partial charge in [0.2, 0.25) is 0 Å². The molecule has 2 heteroatoms. The Labute approximate surface area is 49.4 Å². The lowest BCUT2D eigenvalue weighted by Crippen LogP contribution is -2.40. The summed E-state index contributed by atoms with van der Waals surface area (Å²) in [6.07, 6.45) is 0. The van der Waals surface area contributed by atoms with E-state index in [0.29, 0.717) is 0 Å². The van der Waals surface area contributed by atoms with Crippen LogP contribution in [0.2, 0.25) is 0 Å². The van der Waals surface area contributed by atoms with Crippen LogP contribution in [-0.4, -0.2) is 36.7 Å². The van der Waals surface area contributed by atoms with Crippen LogP contribution >= 0.6 is 0 Å². The molecule has 2 saturated heterocycles. The monoisotopic (exact) mass is 113 g/mol. The summed E-state index contributed by atoms with van der Waals surface area (Å²) >= 11 is 0. The molecule has 0 aromatic rings. The van der Waals surface area contributed by atoms with Gasteiger partial charge < -0.3 is 4.74 Å². The molecule has 0 radical (unpaired) electrons. The summed E-state index contributed by atoms with van der Waals surface area (Å²) in [4.78, 5) is 2.48. The Bertz CT molecular complexity index is 97.9. The van der Waals surface area contributed by atoms with Gasteiger partial charge in [-0.2, -0.15) is 0 Å². The molecular weight excluding hydrogens is 102 g/mol. The molecule has 0 spiro atoms. The zero-order valence-electron chi connectivity index (χ0n) is 5.13. The molecule has 0 aromatic carbocycles. The van der Waals surface area contributed by atoms with Crippen molar-refractivity contribution in [1.82, 2.24) is 4.90 Å². The van der Waals surface area contributed by atoms with Crippen molar-refractivity contribution in [3.8, 4) is 0 Å². The average Bonchev–Trinajstić information content (AvgIpc) is 2.13. The van der Waals surface area contributed by atoms with Crippen LogP contribution < -0.4 is 0 Å². The SMILES string of the molecule is CC1CN1C1COC1. The molecule has 0 aromatic heterocycles. The molecule has 0 saturated carbocycles. The van der Waals surface area contributed by atoms with Crippen LogP contribution in [0.1, 0.15) is 6.92 Å². The van der Waals surface area contributed by atoms with Crippen LogP contribution in [-0.2, 0) is 4.74 Å². The molecule has 2 unspecified atom stereocenters. The third kappa shape index (κ3) is 0.565. The van der Waals surface area contributed by atoms with Crippen molar-refractivity contribution in [3.63, 3.8) is 0 Å². The van der Waals surface area contributed by atoms with E-state index in [1.54, 1.807) is 0 Å². The average molecular weight is 113 g/mol. The van der Waals surface area contributed by atoms with Gasteiger partial charge in [-0.25, -0.2) is 0 Å². The topological polar surface area (TPSA) is 12.2 Å². The number of hydrogen-bond donors (Lipinski definition) is 0. The zero-order chi connectivity index (χ0) is 5.56. The fraction of sp³-hybridized carbons (Fsp3) is 1.00. The molecule has 0 amide bonds. The Kier molecular flexibility index (Phi) is 0.866. The summed E-state index contributed by atoms with van der Waals surface area (Å²) in [5.74, 6) is 0. The van der Waals surface area contributed by atoms with Gasteiger partial charge in [0.15, 0.2) is 0 Å². The quantitative estimate of drug-likeness (QED) is 0.447. The van der Waals surface area contributed by atoms with Crippen molar-refractivity contribution in [2.24, 2.45) is 0 Å². The second-order valence-electron chi connectivity index (χ2n) is 2.74. The number of nitrogens with zero attached hydrogens (tertiary/aromatic N) is 1. The van der Waals surface area contributed by atoms with E-state index < -0.39 is 0 Å². The van der Waals surface area contributed by atoms with E-state index in [2.05, 4.69) is 11.8 Å². The normalized spacial score (nSPS) is 46.1. The summed E-state index contributed by atoms with van der Waals surface area (Å²) in [6.45, 7) is 5.51. The van der Waals surface area contributed by atoms with Gasteiger partial charge in [0.25, 0.3) is 0 Å². The molecule has 2 nitrogen and oxygen atoms in total. The number of rotatable bonds is 1. The highest BCUT2D eigenvalue weighted by Gasteiger charge is 2.39. The summed E-state index contributed by atoms with van der Waals surface area (Å²) in [7, 11) is 0. The van der Waals surface area contributed by atoms with E-state index in [0.717, 1.165) is 25.3 Å². The molecule has 2 aliphatic heterocycles. The maximum atomic E-state index is 5.04. The second kappa shape index (κ2) is 1.45. The van der Waals surface area contributed by atoms with Crippen LogP contribution in [0.15, 0.2) is 0 Å². The lowest BCUT2D eigenvalue weighted by atomic mass is 10.3. The van der Waals surface area contributed by atoms with Crippen LogP contribution in [0.25, 0.3) is 0 Å². The maximum absolute atomic E-state index is 5.04. The molecule has 0 N–H and O–H groups in total. The third-order valence-corrected chi connectivity index (χ3v) is 2.00. The zero-order valence-corrected chi connectivity index (χ0v) is 5.13. The molecule has 8 heavy (non-hydrogen) atoms. The van der Waals surface area contributed by atoms with Gasteiger partial charge in [-0.05, 0) is 6.92 Å². The van der Waals surface area contributed by atoms with Crippen molar-refractivity contribution in [3.05, 3.63) is 0 Å². The van der Waals surface area contributed by atoms with Gasteiger partial charge >= 0.3 is 0 Å². The van der Waals surface area contributed by atoms with Crippen LogP contribution in [0.3, 0.4) is 0 Å². The maximum Gasteiger partial charge on any atom is 0.0645 e. The molecule has 0 aliphatic carbocycles. The summed E-state index contributed by atoms with van der Waals surface area (Å²) in [5.41, 5.74) is 0. The smallest absolute Gasteiger partial charge is 0.0645 e. The minimum atomic E-state index is 0.782. The Balaban J connectivity index is 1.82. The predicted octanol–water partition coefficient (Wildman–Crippen LogP) is 0.0893. The largest absolute Gasteiger partial charge is 0.378 e. The lowest BCUT2D eigenvalue weighted by Gasteiger charge is -2.27. The highest BCUT2D eigenvalue weighted by molar-refractivity contribution is 4.93. The van der Waals surface area contributed by atoms with Crippen LogP contribution in [0.4, 0.5) is 0 Å². The fourth-order valence-electron chi connectivity index (χ4n) is 1.18. The molecule has 2 rings (SSSR count). The molecular formula is C6H11NO. The first-order valence-electron chi connectivity index (χ1n) is 3.21. The van der Waals surface area contributed by atoms with Crippen LogP contribution in [0, 0.1) is 0 Å². The molecule has 2 fully saturated rings. The predicted molar refractivity (Wildman–Crippen MR) is 30.8 cm³/mol. The summed E-state index contributed by atoms with van der Waals surface area (Å²) in [5, 5.41) is 0. The van der Waals surface area contributed by atoms with Gasteiger partial charge in [-0.15, -0.1) is 0 Å². The van der Waals surface area contributed by atoms with Crippen molar-refractivity contribution in [2.45, 2.75) is 19.0 Å². The van der Waals surface area contributed by atoms with E-state index in [1.807, 2.05) is 0 Å². The Hall–Kier alpha value is -0.0800. The van der Waals surface area contributed by atoms with Gasteiger partial charge in [0, 0.05) is 12.6 Å². The van der Waals surface area contributed by atoms with Crippen molar-refractivity contribution in [2.75, 3.05) is 19.8 Å². The number of hydrogen-bond acceptors (Lipinski definition) is 2. The first kappa shape index (κ1) is 4.77. The first-order chi connectivity index (χ1) is 3.88. The van der Waals surface area contributed by atoms with E-state index in [1.165, 1.54) is 6.54 Å². The summed E-state index contributed by atoms with van der Waals surface area (Å²) in [6, 6.07) is 1.63. The Morgan fingerprint density at radius 1 is 1.50 bits per heavy atom. The van der Waals surface area contributed by atoms with E-state index in [-0.39, 0.29) is 0 Å². The number of ether oxygens (including phenoxy) is 1. The van der Waals surface area contributed by atoms with Gasteiger partial charge in [0.1, 0.15) is 0 Å². The molecule has 2 atom stereocenters. The van der Waals surface area contributed by atoms with E-state index in [9.17, 15) is 0 Å². The lowest BCUT2D eigenvalue weighted by molar-refractivity contribution is -0.0329. The first-order valence-corrected chi connectivity index (χ1v) is 3.21. The Morgan fingerprint density at radius 2 is 2.12 bits per heavy atom. The van der Waals surface area contributed by atoms with Crippen LogP contribution in [0.5, 0.6) is 0 Å². The minimum Gasteiger partial charge on any atom is -0.378 e. The molecule has 2 heterocycles. The fourth-order valence-corrected chi connectivity index (χ4v) is 1.18. The Morgan fingerprint density at radius 3 is 2.25 bits per heavy atom. The third-order valence-electron chi connectivity index (χ3n) is 2.00. The van der Waals surface area contributed by atoms with Gasteiger partial charge in [0.05, 0.1) is 19.3 Å². The molecule has 0 bridgehead atoms. The van der Waals surface area contributed by atoms with Gasteiger partial charge in [-0.3, -0.25) is 4.90 Å².